The van der Waals surface area contributed by atoms with Gasteiger partial charge in [-0.25, -0.2) is 4.79 Å². The zero-order chi connectivity index (χ0) is 25.7. The fraction of sp³-hybridized carbons (Fsp3) is 0.692. The van der Waals surface area contributed by atoms with Gasteiger partial charge < -0.3 is 34.9 Å². The fourth-order valence-corrected chi connectivity index (χ4v) is 3.56. The Morgan fingerprint density at radius 2 is 1.77 bits per heavy atom. The van der Waals surface area contributed by atoms with E-state index < -0.39 is 11.5 Å². The minimum Gasteiger partial charge on any atom is -0.491 e. The number of esters is 1. The van der Waals surface area contributed by atoms with Gasteiger partial charge in [-0.15, -0.1) is 0 Å². The highest BCUT2D eigenvalue weighted by Gasteiger charge is 2.29. The first-order valence-electron chi connectivity index (χ1n) is 12.6. The number of urea groups is 1. The van der Waals surface area contributed by atoms with Crippen LogP contribution in [-0.4, -0.2) is 80.7 Å². The predicted octanol–water partition coefficient (Wildman–Crippen LogP) is 2.82. The summed E-state index contributed by atoms with van der Waals surface area (Å²) in [6.07, 6.45) is 2.17. The largest absolute Gasteiger partial charge is 0.491 e. The Kier molecular flexibility index (Phi) is 12.3. The Labute approximate surface area is 209 Å². The summed E-state index contributed by atoms with van der Waals surface area (Å²) < 4.78 is 16.4. The molecule has 1 unspecified atom stereocenters. The van der Waals surface area contributed by atoms with Crippen LogP contribution in [0, 0.1) is 11.3 Å². The molecule has 35 heavy (non-hydrogen) atoms. The minimum atomic E-state index is -0.700. The van der Waals surface area contributed by atoms with Gasteiger partial charge in [0.2, 0.25) is 0 Å². The number of carbonyl (C=O) groups is 2. The van der Waals surface area contributed by atoms with Crippen LogP contribution in [0.1, 0.15) is 47.0 Å². The van der Waals surface area contributed by atoms with E-state index >= 15 is 0 Å². The van der Waals surface area contributed by atoms with Gasteiger partial charge in [0.05, 0.1) is 18.6 Å². The van der Waals surface area contributed by atoms with Crippen LogP contribution in [0.15, 0.2) is 24.3 Å². The van der Waals surface area contributed by atoms with E-state index in [1.54, 1.807) is 29.2 Å². The molecular formula is C26H43N3O6. The second-order valence-electron chi connectivity index (χ2n) is 10.0. The van der Waals surface area contributed by atoms with Crippen LogP contribution < -0.4 is 20.1 Å². The van der Waals surface area contributed by atoms with Crippen molar-refractivity contribution in [1.82, 2.24) is 15.5 Å². The lowest BCUT2D eigenvalue weighted by molar-refractivity contribution is -0.144. The predicted molar refractivity (Wildman–Crippen MR) is 135 cm³/mol. The first kappa shape index (κ1) is 28.9. The average Bonchev–Trinajstić information content (AvgIpc) is 2.83. The number of aliphatic hydroxyl groups excluding tert-OH is 1. The van der Waals surface area contributed by atoms with Crippen molar-refractivity contribution in [3.8, 4) is 11.5 Å². The second kappa shape index (κ2) is 14.9. The molecule has 0 saturated carbocycles. The van der Waals surface area contributed by atoms with Crippen molar-refractivity contribution in [1.29, 1.82) is 0 Å². The van der Waals surface area contributed by atoms with Crippen molar-refractivity contribution >= 4 is 12.0 Å². The van der Waals surface area contributed by atoms with E-state index in [2.05, 4.69) is 24.5 Å². The summed E-state index contributed by atoms with van der Waals surface area (Å²) in [7, 11) is 0. The van der Waals surface area contributed by atoms with Crippen molar-refractivity contribution < 1.29 is 28.9 Å². The Hall–Kier alpha value is -2.36. The van der Waals surface area contributed by atoms with Gasteiger partial charge in [-0.3, -0.25) is 4.79 Å². The molecule has 1 heterocycles. The number of hydrogen-bond acceptors (Lipinski definition) is 7. The molecule has 1 fully saturated rings. The lowest BCUT2D eigenvalue weighted by Gasteiger charge is -2.27. The van der Waals surface area contributed by atoms with Gasteiger partial charge in [-0.1, -0.05) is 26.7 Å². The second-order valence-corrected chi connectivity index (χ2v) is 10.0. The summed E-state index contributed by atoms with van der Waals surface area (Å²) in [6, 6.07) is 6.73. The molecule has 3 N–H and O–H groups in total. The number of morpholine rings is 1. The summed E-state index contributed by atoms with van der Waals surface area (Å²) >= 11 is 0. The smallest absolute Gasteiger partial charge is 0.317 e. The van der Waals surface area contributed by atoms with E-state index in [1.165, 1.54) is 0 Å². The molecule has 0 spiro atoms. The molecule has 1 saturated heterocycles. The molecule has 0 radical (unpaired) electrons. The van der Waals surface area contributed by atoms with E-state index in [0.29, 0.717) is 63.4 Å². The zero-order valence-corrected chi connectivity index (χ0v) is 21.7. The molecule has 1 aromatic carbocycles. The third-order valence-corrected chi connectivity index (χ3v) is 5.87. The van der Waals surface area contributed by atoms with Gasteiger partial charge in [0.1, 0.15) is 24.2 Å². The minimum absolute atomic E-state index is 0.0946. The molecule has 1 aromatic rings. The Morgan fingerprint density at radius 3 is 2.43 bits per heavy atom. The van der Waals surface area contributed by atoms with Crippen LogP contribution in [0.4, 0.5) is 4.79 Å². The quantitative estimate of drug-likeness (QED) is 0.208. The molecule has 1 aliphatic rings. The number of carbonyl (C=O) groups excluding carboxylic acids is 2. The number of ether oxygens (including phenoxy) is 3. The fourth-order valence-electron chi connectivity index (χ4n) is 3.56. The topological polar surface area (TPSA) is 109 Å². The summed E-state index contributed by atoms with van der Waals surface area (Å²) in [4.78, 5) is 26.3. The van der Waals surface area contributed by atoms with Crippen LogP contribution in [-0.2, 0) is 9.53 Å². The zero-order valence-electron chi connectivity index (χ0n) is 21.7. The average molecular weight is 494 g/mol. The van der Waals surface area contributed by atoms with Gasteiger partial charge in [-0.2, -0.15) is 0 Å². The van der Waals surface area contributed by atoms with Crippen molar-refractivity contribution in [3.05, 3.63) is 24.3 Å². The number of aliphatic hydroxyl groups is 1. The van der Waals surface area contributed by atoms with Crippen LogP contribution in [0.2, 0.25) is 0 Å². The number of nitrogens with zero attached hydrogens (tertiary/aromatic N) is 1. The van der Waals surface area contributed by atoms with Crippen molar-refractivity contribution in [2.45, 2.75) is 53.1 Å². The lowest BCUT2D eigenvalue weighted by atomic mass is 9.86. The highest BCUT2D eigenvalue weighted by Crippen LogP contribution is 2.28. The van der Waals surface area contributed by atoms with E-state index in [1.807, 2.05) is 13.8 Å². The molecule has 9 heteroatoms. The van der Waals surface area contributed by atoms with Gasteiger partial charge in [-0.05, 0) is 50.5 Å². The Morgan fingerprint density at radius 1 is 1.11 bits per heavy atom. The molecule has 198 valence electrons. The van der Waals surface area contributed by atoms with E-state index in [0.717, 1.165) is 19.3 Å². The molecule has 2 amide bonds. The maximum absolute atomic E-state index is 12.6. The van der Waals surface area contributed by atoms with E-state index in [9.17, 15) is 14.7 Å². The van der Waals surface area contributed by atoms with E-state index in [-0.39, 0.29) is 18.6 Å². The SMILES string of the molecule is CC(C)CCCC(C)(C)C(=O)Oc1ccc(OCC(O)CNCCNC(=O)N2CCOCC2)cc1. The Balaban J connectivity index is 1.60. The number of benzene rings is 1. The molecule has 1 atom stereocenters. The monoisotopic (exact) mass is 493 g/mol. The van der Waals surface area contributed by atoms with Crippen LogP contribution in [0.5, 0.6) is 11.5 Å². The number of nitrogens with one attached hydrogen (secondary N) is 2. The summed E-state index contributed by atoms with van der Waals surface area (Å²) in [5.41, 5.74) is -0.535. The molecule has 1 aliphatic heterocycles. The van der Waals surface area contributed by atoms with Crippen molar-refractivity contribution in [3.63, 3.8) is 0 Å². The Bertz CT molecular complexity index is 763. The normalized spacial score (nSPS) is 15.1. The number of rotatable bonds is 14. The summed E-state index contributed by atoms with van der Waals surface area (Å²) in [5.74, 6) is 1.44. The molecule has 2 rings (SSSR count). The van der Waals surface area contributed by atoms with Crippen LogP contribution >= 0.6 is 0 Å². The van der Waals surface area contributed by atoms with Crippen molar-refractivity contribution in [2.24, 2.45) is 11.3 Å². The van der Waals surface area contributed by atoms with Gasteiger partial charge in [0.25, 0.3) is 0 Å². The summed E-state index contributed by atoms with van der Waals surface area (Å²) in [6.45, 7) is 12.0. The molecule has 0 aliphatic carbocycles. The van der Waals surface area contributed by atoms with Gasteiger partial charge in [0.15, 0.2) is 0 Å². The first-order chi connectivity index (χ1) is 16.7. The molecule has 0 aromatic heterocycles. The summed E-state index contributed by atoms with van der Waals surface area (Å²) in [5, 5.41) is 16.1. The van der Waals surface area contributed by atoms with E-state index in [4.69, 9.17) is 14.2 Å². The third kappa shape index (κ3) is 11.3. The highest BCUT2D eigenvalue weighted by molar-refractivity contribution is 5.78. The lowest BCUT2D eigenvalue weighted by Crippen LogP contribution is -2.47. The third-order valence-electron chi connectivity index (χ3n) is 5.87. The highest BCUT2D eigenvalue weighted by atomic mass is 16.5. The van der Waals surface area contributed by atoms with Gasteiger partial charge >= 0.3 is 12.0 Å². The molecule has 0 bridgehead atoms. The van der Waals surface area contributed by atoms with Crippen molar-refractivity contribution in [2.75, 3.05) is 52.5 Å². The number of hydrogen-bond donors (Lipinski definition) is 3. The first-order valence-corrected chi connectivity index (χ1v) is 12.6. The van der Waals surface area contributed by atoms with Crippen LogP contribution in [0.25, 0.3) is 0 Å². The molecular weight excluding hydrogens is 450 g/mol. The van der Waals surface area contributed by atoms with Gasteiger partial charge in [0, 0.05) is 32.7 Å². The maximum atomic E-state index is 12.6. The van der Waals surface area contributed by atoms with Crippen LogP contribution in [0.3, 0.4) is 0 Å². The standard InChI is InChI=1S/C26H43N3O6/c1-20(2)6-5-11-26(3,4)24(31)35-23-9-7-22(8-10-23)34-19-21(30)18-27-12-13-28-25(32)29-14-16-33-17-15-29/h7-10,20-21,27,30H,5-6,11-19H2,1-4H3,(H,28,32). The maximum Gasteiger partial charge on any atom is 0.317 e. The number of amides is 2. The molecule has 9 nitrogen and oxygen atoms in total.